The van der Waals surface area contributed by atoms with Gasteiger partial charge >= 0.3 is 0 Å². The summed E-state index contributed by atoms with van der Waals surface area (Å²) < 4.78 is 15.4. The Labute approximate surface area is 201 Å². The highest BCUT2D eigenvalue weighted by Crippen LogP contribution is 2.64. The Balaban J connectivity index is 1.19. The molecule has 8 unspecified atom stereocenters. The van der Waals surface area contributed by atoms with Crippen LogP contribution in [-0.2, 0) is 11.3 Å². The molecule has 6 heteroatoms. The molecule has 184 valence electrons. The van der Waals surface area contributed by atoms with Gasteiger partial charge in [0.25, 0.3) is 0 Å². The zero-order valence-electron chi connectivity index (χ0n) is 20.5. The van der Waals surface area contributed by atoms with E-state index in [0.29, 0.717) is 22.9 Å². The second-order valence-corrected chi connectivity index (χ2v) is 12.3. The van der Waals surface area contributed by atoms with Crippen molar-refractivity contribution < 1.29 is 14.3 Å². The minimum Gasteiger partial charge on any atom is -0.390 e. The van der Waals surface area contributed by atoms with Crippen LogP contribution in [-0.4, -0.2) is 31.5 Å². The van der Waals surface area contributed by atoms with E-state index < -0.39 is 5.60 Å². The Morgan fingerprint density at radius 3 is 2.76 bits per heavy atom. The predicted octanol–water partition coefficient (Wildman–Crippen LogP) is 5.55. The molecule has 34 heavy (non-hydrogen) atoms. The first-order valence-electron chi connectivity index (χ1n) is 13.6. The summed E-state index contributed by atoms with van der Waals surface area (Å²) in [7, 11) is 0. The molecule has 1 aromatic carbocycles. The average molecular weight is 468 g/mol. The predicted molar refractivity (Wildman–Crippen MR) is 128 cm³/mol. The van der Waals surface area contributed by atoms with Crippen LogP contribution >= 0.6 is 0 Å². The van der Waals surface area contributed by atoms with Crippen molar-refractivity contribution in [3.63, 3.8) is 0 Å². The van der Waals surface area contributed by atoms with Gasteiger partial charge < -0.3 is 5.11 Å². The fourth-order valence-corrected chi connectivity index (χ4v) is 9.13. The van der Waals surface area contributed by atoms with Crippen molar-refractivity contribution in [2.45, 2.75) is 90.2 Å². The van der Waals surface area contributed by atoms with Crippen LogP contribution in [0, 0.1) is 46.7 Å². The minimum atomic E-state index is -0.434. The Hall–Kier alpha value is -1.82. The van der Waals surface area contributed by atoms with Crippen LogP contribution in [0.3, 0.4) is 0 Å². The summed E-state index contributed by atoms with van der Waals surface area (Å²) in [4.78, 5) is 13.6. The van der Waals surface area contributed by atoms with Crippen molar-refractivity contribution in [2.24, 2.45) is 40.9 Å². The summed E-state index contributed by atoms with van der Waals surface area (Å²) in [5.41, 5.74) is 0.853. The van der Waals surface area contributed by atoms with Crippen LogP contribution in [0.2, 0.25) is 0 Å². The number of nitrogens with zero attached hydrogens (tertiary/aromatic N) is 3. The molecule has 0 aliphatic heterocycles. The highest BCUT2D eigenvalue weighted by molar-refractivity contribution is 5.84. The van der Waals surface area contributed by atoms with E-state index in [-0.39, 0.29) is 29.5 Å². The fraction of sp³-hybridized carbons (Fsp3) is 0.750. The average Bonchev–Trinajstić information content (AvgIpc) is 3.39. The topological polar surface area (TPSA) is 68.0 Å². The van der Waals surface area contributed by atoms with Gasteiger partial charge in [0.15, 0.2) is 5.78 Å². The van der Waals surface area contributed by atoms with Gasteiger partial charge in [-0.25, -0.2) is 9.07 Å². The van der Waals surface area contributed by atoms with Gasteiger partial charge in [-0.1, -0.05) is 19.1 Å². The van der Waals surface area contributed by atoms with Gasteiger partial charge in [-0.15, -0.1) is 5.10 Å². The molecule has 1 aromatic heterocycles. The SMILES string of the molecule is CCC1(O)CCC2C(CCC3C2CCC2(C)C(C(=O)Cn4nnc5ccc(F)cc54)CCC32)C1. The molecule has 2 aromatic rings. The molecule has 0 amide bonds. The van der Waals surface area contributed by atoms with E-state index in [1.54, 1.807) is 10.7 Å². The van der Waals surface area contributed by atoms with Crippen LogP contribution in [0.25, 0.3) is 11.0 Å². The number of carbonyl (C=O) groups is 1. The van der Waals surface area contributed by atoms with Crippen molar-refractivity contribution in [3.8, 4) is 0 Å². The van der Waals surface area contributed by atoms with Gasteiger partial charge in [0.05, 0.1) is 11.1 Å². The standard InChI is InChI=1S/C28H38FN3O2/c1-3-28(34)13-11-19-17(15-28)4-6-21-20(19)10-12-27(2)22(21)7-8-23(27)26(33)16-32-25-14-18(29)5-9-24(25)30-31-32/h5,9,14,17,19-23,34H,3-4,6-8,10-13,15-16H2,1-2H3. The Kier molecular flexibility index (Phi) is 5.40. The van der Waals surface area contributed by atoms with E-state index in [1.807, 2.05) is 0 Å². The van der Waals surface area contributed by atoms with Crippen LogP contribution in [0.4, 0.5) is 4.39 Å². The van der Waals surface area contributed by atoms with Crippen molar-refractivity contribution in [1.82, 2.24) is 15.0 Å². The number of halogens is 1. The lowest BCUT2D eigenvalue weighted by atomic mass is 9.48. The summed E-state index contributed by atoms with van der Waals surface area (Å²) in [6.45, 7) is 4.69. The molecular formula is C28H38FN3O2. The van der Waals surface area contributed by atoms with Crippen LogP contribution in [0.1, 0.15) is 78.1 Å². The number of aromatic nitrogens is 3. The quantitative estimate of drug-likeness (QED) is 0.640. The number of Topliss-reactive ketones (excluding diaryl/α,β-unsaturated/α-hetero) is 1. The first kappa shape index (κ1) is 22.6. The molecule has 1 N–H and O–H groups in total. The monoisotopic (exact) mass is 467 g/mol. The maximum absolute atomic E-state index is 13.8. The van der Waals surface area contributed by atoms with Gasteiger partial charge in [-0.05, 0) is 111 Å². The highest BCUT2D eigenvalue weighted by Gasteiger charge is 2.58. The number of ketones is 1. The Morgan fingerprint density at radius 2 is 1.94 bits per heavy atom. The molecule has 6 rings (SSSR count). The van der Waals surface area contributed by atoms with Crippen LogP contribution in [0.5, 0.6) is 0 Å². The molecule has 8 atom stereocenters. The smallest absolute Gasteiger partial charge is 0.157 e. The number of carbonyl (C=O) groups excluding carboxylic acids is 1. The molecule has 5 nitrogen and oxygen atoms in total. The van der Waals surface area contributed by atoms with Crippen molar-refractivity contribution in [1.29, 1.82) is 0 Å². The molecule has 0 bridgehead atoms. The lowest BCUT2D eigenvalue weighted by Gasteiger charge is -2.57. The van der Waals surface area contributed by atoms with E-state index in [9.17, 15) is 14.3 Å². The van der Waals surface area contributed by atoms with E-state index in [4.69, 9.17) is 0 Å². The van der Waals surface area contributed by atoms with Gasteiger partial charge in [-0.2, -0.15) is 0 Å². The maximum atomic E-state index is 13.8. The summed E-state index contributed by atoms with van der Waals surface area (Å²) in [6.07, 6.45) is 11.0. The fourth-order valence-electron chi connectivity index (χ4n) is 9.13. The van der Waals surface area contributed by atoms with Gasteiger partial charge in [0.1, 0.15) is 17.9 Å². The van der Waals surface area contributed by atoms with Crippen molar-refractivity contribution in [2.75, 3.05) is 0 Å². The van der Waals surface area contributed by atoms with Gasteiger partial charge in [-0.3, -0.25) is 4.79 Å². The molecule has 4 aliphatic carbocycles. The summed E-state index contributed by atoms with van der Waals surface area (Å²) in [5.74, 6) is 3.54. The van der Waals surface area contributed by atoms with Crippen LogP contribution in [0.15, 0.2) is 18.2 Å². The zero-order chi connectivity index (χ0) is 23.7. The molecule has 4 saturated carbocycles. The number of benzene rings is 1. The van der Waals surface area contributed by atoms with E-state index >= 15 is 0 Å². The second-order valence-electron chi connectivity index (χ2n) is 12.3. The summed E-state index contributed by atoms with van der Waals surface area (Å²) in [6, 6.07) is 4.43. The molecule has 1 heterocycles. The van der Waals surface area contributed by atoms with E-state index in [0.717, 1.165) is 56.3 Å². The highest BCUT2D eigenvalue weighted by atomic mass is 19.1. The maximum Gasteiger partial charge on any atom is 0.157 e. The van der Waals surface area contributed by atoms with Crippen LogP contribution < -0.4 is 0 Å². The molecule has 4 aliphatic rings. The third-order valence-electron chi connectivity index (χ3n) is 10.9. The zero-order valence-corrected chi connectivity index (χ0v) is 20.5. The Morgan fingerprint density at radius 1 is 1.12 bits per heavy atom. The largest absolute Gasteiger partial charge is 0.390 e. The number of hydrogen-bond acceptors (Lipinski definition) is 4. The molecule has 0 saturated heterocycles. The first-order chi connectivity index (χ1) is 16.3. The number of aliphatic hydroxyl groups is 1. The lowest BCUT2D eigenvalue weighted by Crippen LogP contribution is -2.51. The minimum absolute atomic E-state index is 0.0560. The summed E-state index contributed by atoms with van der Waals surface area (Å²) in [5, 5.41) is 19.2. The van der Waals surface area contributed by atoms with E-state index in [1.165, 1.54) is 37.8 Å². The number of rotatable bonds is 4. The van der Waals surface area contributed by atoms with Gasteiger partial charge in [0.2, 0.25) is 0 Å². The summed E-state index contributed by atoms with van der Waals surface area (Å²) >= 11 is 0. The van der Waals surface area contributed by atoms with E-state index in [2.05, 4.69) is 24.2 Å². The normalized spacial score (nSPS) is 41.6. The lowest BCUT2D eigenvalue weighted by molar-refractivity contribution is -0.133. The third kappa shape index (κ3) is 3.46. The first-order valence-corrected chi connectivity index (χ1v) is 13.6. The molecule has 0 radical (unpaired) electrons. The van der Waals surface area contributed by atoms with Crippen molar-refractivity contribution in [3.05, 3.63) is 24.0 Å². The number of hydrogen-bond donors (Lipinski definition) is 1. The van der Waals surface area contributed by atoms with Crippen molar-refractivity contribution >= 4 is 16.8 Å². The van der Waals surface area contributed by atoms with Gasteiger partial charge in [0, 0.05) is 12.0 Å². The second kappa shape index (κ2) is 8.11. The molecular weight excluding hydrogens is 429 g/mol. The number of fused-ring (bicyclic) bond motifs is 6. The Bertz CT molecular complexity index is 1100. The molecule has 0 spiro atoms. The molecule has 4 fully saturated rings. The third-order valence-corrected chi connectivity index (χ3v) is 10.9.